The lowest BCUT2D eigenvalue weighted by Gasteiger charge is -2.12. The number of aromatic nitrogens is 2. The van der Waals surface area contributed by atoms with E-state index < -0.39 is 27.9 Å². The predicted molar refractivity (Wildman–Crippen MR) is 112 cm³/mol. The number of amides is 1. The van der Waals surface area contributed by atoms with E-state index in [2.05, 4.69) is 15.2 Å². The summed E-state index contributed by atoms with van der Waals surface area (Å²) in [4.78, 5) is 47.6. The molecule has 0 spiro atoms. The number of nitrogens with zero attached hydrogens (tertiary/aromatic N) is 3. The number of carbonyl (C=O) groups is 2. The Morgan fingerprint density at radius 3 is 2.48 bits per heavy atom. The lowest BCUT2D eigenvalue weighted by Crippen LogP contribution is -2.27. The number of hydrogen-bond donors (Lipinski definition) is 1. The Balaban J connectivity index is 2.00. The number of aryl methyl sites for hydroxylation is 2. The molecule has 10 heteroatoms. The van der Waals surface area contributed by atoms with E-state index in [9.17, 15) is 24.5 Å². The second kappa shape index (κ2) is 8.57. The Morgan fingerprint density at radius 2 is 1.84 bits per heavy atom. The summed E-state index contributed by atoms with van der Waals surface area (Å²) in [6.45, 7) is 3.23. The van der Waals surface area contributed by atoms with Crippen LogP contribution in [0.3, 0.4) is 0 Å². The zero-order valence-electron chi connectivity index (χ0n) is 16.9. The van der Waals surface area contributed by atoms with Gasteiger partial charge in [-0.1, -0.05) is 12.1 Å². The third kappa shape index (κ3) is 4.32. The van der Waals surface area contributed by atoms with Crippen LogP contribution in [-0.4, -0.2) is 33.7 Å². The van der Waals surface area contributed by atoms with Crippen LogP contribution in [0, 0.1) is 24.0 Å². The third-order valence-electron chi connectivity index (χ3n) is 4.52. The van der Waals surface area contributed by atoms with Crippen LogP contribution >= 0.6 is 0 Å². The second-order valence-corrected chi connectivity index (χ2v) is 6.63. The minimum atomic E-state index is -0.786. The molecule has 0 bridgehead atoms. The van der Waals surface area contributed by atoms with Gasteiger partial charge in [0.1, 0.15) is 5.69 Å². The van der Waals surface area contributed by atoms with Gasteiger partial charge in [-0.15, -0.1) is 0 Å². The van der Waals surface area contributed by atoms with Crippen molar-refractivity contribution in [3.05, 3.63) is 91.4 Å². The number of esters is 1. The number of carbonyl (C=O) groups excluding carboxylic acids is 2. The van der Waals surface area contributed by atoms with Crippen molar-refractivity contribution in [3.63, 3.8) is 0 Å². The highest BCUT2D eigenvalue weighted by atomic mass is 16.6. The molecule has 1 amide bonds. The standard InChI is InChI=1S/C21H18N4O6/c1-12-10-14(21(28)31-3)8-9-15(12)22-20(27)19-18(26)11-13(2)24(23-19)16-6-4-5-7-17(16)25(29)30/h4-11H,1-3H3,(H,22,27). The molecule has 0 saturated carbocycles. The van der Waals surface area contributed by atoms with E-state index in [1.165, 1.54) is 54.3 Å². The first-order valence-corrected chi connectivity index (χ1v) is 9.08. The molecular weight excluding hydrogens is 404 g/mol. The number of para-hydroxylation sites is 2. The van der Waals surface area contributed by atoms with Gasteiger partial charge in [-0.05, 0) is 43.7 Å². The van der Waals surface area contributed by atoms with Crippen LogP contribution in [0.15, 0.2) is 53.3 Å². The van der Waals surface area contributed by atoms with E-state index in [0.717, 1.165) is 0 Å². The van der Waals surface area contributed by atoms with Crippen molar-refractivity contribution < 1.29 is 19.2 Å². The molecule has 1 aromatic heterocycles. The van der Waals surface area contributed by atoms with Crippen molar-refractivity contribution in [2.75, 3.05) is 12.4 Å². The summed E-state index contributed by atoms with van der Waals surface area (Å²) in [5.74, 6) is -1.31. The van der Waals surface area contributed by atoms with Gasteiger partial charge in [0, 0.05) is 23.5 Å². The van der Waals surface area contributed by atoms with Crippen LogP contribution in [0.5, 0.6) is 0 Å². The van der Waals surface area contributed by atoms with Crippen LogP contribution in [0.4, 0.5) is 11.4 Å². The molecule has 0 aliphatic heterocycles. The largest absolute Gasteiger partial charge is 0.465 e. The lowest BCUT2D eigenvalue weighted by atomic mass is 10.1. The van der Waals surface area contributed by atoms with Gasteiger partial charge < -0.3 is 10.1 Å². The number of anilines is 1. The zero-order chi connectivity index (χ0) is 22.7. The minimum Gasteiger partial charge on any atom is -0.465 e. The van der Waals surface area contributed by atoms with Gasteiger partial charge in [-0.25, -0.2) is 9.48 Å². The average Bonchev–Trinajstić information content (AvgIpc) is 2.74. The van der Waals surface area contributed by atoms with E-state index >= 15 is 0 Å². The Hall–Kier alpha value is -4.34. The zero-order valence-corrected chi connectivity index (χ0v) is 16.9. The van der Waals surface area contributed by atoms with Crippen LogP contribution in [0.2, 0.25) is 0 Å². The first-order chi connectivity index (χ1) is 14.7. The van der Waals surface area contributed by atoms with Gasteiger partial charge in [-0.3, -0.25) is 19.7 Å². The molecule has 3 aromatic rings. The van der Waals surface area contributed by atoms with Gasteiger partial charge in [0.05, 0.1) is 17.6 Å². The topological polar surface area (TPSA) is 133 Å². The van der Waals surface area contributed by atoms with E-state index in [1.54, 1.807) is 19.9 Å². The molecule has 3 rings (SSSR count). The second-order valence-electron chi connectivity index (χ2n) is 6.63. The molecule has 0 fully saturated rings. The predicted octanol–water partition coefficient (Wildman–Crippen LogP) is 2.80. The highest BCUT2D eigenvalue weighted by Gasteiger charge is 2.20. The maximum atomic E-state index is 12.8. The van der Waals surface area contributed by atoms with E-state index in [1.807, 2.05) is 0 Å². The first kappa shape index (κ1) is 21.4. The summed E-state index contributed by atoms with van der Waals surface area (Å²) in [6, 6.07) is 11.6. The Morgan fingerprint density at radius 1 is 1.13 bits per heavy atom. The number of rotatable bonds is 5. The molecule has 1 N–H and O–H groups in total. The van der Waals surface area contributed by atoms with Gasteiger partial charge in [0.15, 0.2) is 5.69 Å². The van der Waals surface area contributed by atoms with E-state index in [0.29, 0.717) is 22.5 Å². The average molecular weight is 422 g/mol. The van der Waals surface area contributed by atoms with E-state index in [-0.39, 0.29) is 11.4 Å². The summed E-state index contributed by atoms with van der Waals surface area (Å²) < 4.78 is 5.84. The first-order valence-electron chi connectivity index (χ1n) is 9.08. The number of nitro benzene ring substituents is 1. The van der Waals surface area contributed by atoms with Crippen LogP contribution in [0.25, 0.3) is 5.69 Å². The number of nitro groups is 1. The van der Waals surface area contributed by atoms with Crippen molar-refractivity contribution in [1.29, 1.82) is 0 Å². The fourth-order valence-electron chi connectivity index (χ4n) is 2.98. The van der Waals surface area contributed by atoms with Gasteiger partial charge in [0.2, 0.25) is 5.43 Å². The van der Waals surface area contributed by atoms with Crippen molar-refractivity contribution in [2.24, 2.45) is 0 Å². The third-order valence-corrected chi connectivity index (χ3v) is 4.52. The number of benzene rings is 2. The summed E-state index contributed by atoms with van der Waals surface area (Å²) in [5, 5.41) is 18.0. The van der Waals surface area contributed by atoms with Crippen molar-refractivity contribution in [3.8, 4) is 5.69 Å². The SMILES string of the molecule is COC(=O)c1ccc(NC(=O)c2nn(-c3ccccc3[N+](=O)[O-])c(C)cc2=O)c(C)c1. The molecule has 0 atom stereocenters. The van der Waals surface area contributed by atoms with Crippen molar-refractivity contribution >= 4 is 23.3 Å². The summed E-state index contributed by atoms with van der Waals surface area (Å²) in [6.07, 6.45) is 0. The molecule has 0 aliphatic rings. The van der Waals surface area contributed by atoms with Gasteiger partial charge in [-0.2, -0.15) is 5.10 Å². The Kier molecular flexibility index (Phi) is 5.91. The smallest absolute Gasteiger partial charge is 0.337 e. The number of methoxy groups -OCH3 is 1. The normalized spacial score (nSPS) is 10.4. The van der Waals surface area contributed by atoms with E-state index in [4.69, 9.17) is 0 Å². The molecule has 158 valence electrons. The van der Waals surface area contributed by atoms with Crippen LogP contribution < -0.4 is 10.7 Å². The fraction of sp³-hybridized carbons (Fsp3) is 0.143. The molecule has 1 heterocycles. The number of ether oxygens (including phenoxy) is 1. The minimum absolute atomic E-state index is 0.123. The molecule has 0 saturated heterocycles. The fourth-order valence-corrected chi connectivity index (χ4v) is 2.98. The Bertz CT molecular complexity index is 1260. The van der Waals surface area contributed by atoms with Gasteiger partial charge >= 0.3 is 5.97 Å². The molecule has 0 unspecified atom stereocenters. The summed E-state index contributed by atoms with van der Waals surface area (Å²) in [5.41, 5.74) is 0.424. The molecule has 31 heavy (non-hydrogen) atoms. The molecular formula is C21H18N4O6. The number of nitrogens with one attached hydrogen (secondary N) is 1. The molecule has 0 radical (unpaired) electrons. The highest BCUT2D eigenvalue weighted by Crippen LogP contribution is 2.22. The highest BCUT2D eigenvalue weighted by molar-refractivity contribution is 6.03. The Labute approximate surface area is 176 Å². The van der Waals surface area contributed by atoms with Crippen LogP contribution in [0.1, 0.15) is 32.1 Å². The maximum absolute atomic E-state index is 12.8. The summed E-state index contributed by atoms with van der Waals surface area (Å²) in [7, 11) is 1.26. The lowest BCUT2D eigenvalue weighted by molar-refractivity contribution is -0.384. The monoisotopic (exact) mass is 422 g/mol. The molecule has 10 nitrogen and oxygen atoms in total. The molecule has 0 aliphatic carbocycles. The van der Waals surface area contributed by atoms with Crippen molar-refractivity contribution in [2.45, 2.75) is 13.8 Å². The number of hydrogen-bond acceptors (Lipinski definition) is 7. The van der Waals surface area contributed by atoms with Crippen LogP contribution in [-0.2, 0) is 4.74 Å². The maximum Gasteiger partial charge on any atom is 0.337 e. The summed E-state index contributed by atoms with van der Waals surface area (Å²) >= 11 is 0. The van der Waals surface area contributed by atoms with Crippen molar-refractivity contribution in [1.82, 2.24) is 9.78 Å². The quantitative estimate of drug-likeness (QED) is 0.380. The van der Waals surface area contributed by atoms with Gasteiger partial charge in [0.25, 0.3) is 11.6 Å². The molecule has 2 aromatic carbocycles.